The van der Waals surface area contributed by atoms with Crippen LogP contribution >= 0.6 is 7.49 Å². The molecule has 1 aromatic rings. The first-order valence-electron chi connectivity index (χ1n) is 7.04. The van der Waals surface area contributed by atoms with Gasteiger partial charge in [-0.15, -0.1) is 0 Å². The van der Waals surface area contributed by atoms with Gasteiger partial charge in [-0.2, -0.15) is 0 Å². The van der Waals surface area contributed by atoms with Gasteiger partial charge in [-0.3, -0.25) is 0 Å². The molecule has 0 spiro atoms. The van der Waals surface area contributed by atoms with Crippen LogP contribution in [0, 0.1) is 11.5 Å². The first-order valence-corrected chi connectivity index (χ1v) is 9.19. The molecule has 0 fully saturated rings. The molecule has 111 valence electrons. The second kappa shape index (κ2) is 4.54. The summed E-state index contributed by atoms with van der Waals surface area (Å²) in [4.78, 5) is 25.7. The van der Waals surface area contributed by atoms with Crippen molar-refractivity contribution >= 4 is 24.4 Å². The van der Waals surface area contributed by atoms with E-state index >= 15 is 0 Å². The fourth-order valence-corrected chi connectivity index (χ4v) is 5.69. The predicted octanol–water partition coefficient (Wildman–Crippen LogP) is 2.92. The SMILES string of the molecule is CC(C)(C)C(=O)N1C[PH](O)(C(C)(C)C)c2[c]cccc21. The van der Waals surface area contributed by atoms with Crippen molar-refractivity contribution < 1.29 is 9.69 Å². The summed E-state index contributed by atoms with van der Waals surface area (Å²) in [5.41, 5.74) is 0.390. The van der Waals surface area contributed by atoms with E-state index in [1.165, 1.54) is 0 Å². The average molecular weight is 294 g/mol. The van der Waals surface area contributed by atoms with Gasteiger partial charge in [0.25, 0.3) is 0 Å². The van der Waals surface area contributed by atoms with E-state index in [4.69, 9.17) is 0 Å². The molecule has 0 saturated heterocycles. The van der Waals surface area contributed by atoms with E-state index in [0.717, 1.165) is 11.0 Å². The van der Waals surface area contributed by atoms with E-state index in [0.29, 0.717) is 6.29 Å². The zero-order chi connectivity index (χ0) is 15.3. The summed E-state index contributed by atoms with van der Waals surface area (Å²) in [6, 6.07) is 8.83. The Hall–Kier alpha value is -0.920. The topological polar surface area (TPSA) is 40.5 Å². The van der Waals surface area contributed by atoms with E-state index in [1.807, 2.05) is 39.0 Å². The predicted molar refractivity (Wildman–Crippen MR) is 87.0 cm³/mol. The third-order valence-electron chi connectivity index (χ3n) is 4.05. The molecule has 20 heavy (non-hydrogen) atoms. The Morgan fingerprint density at radius 2 is 1.90 bits per heavy atom. The zero-order valence-corrected chi connectivity index (χ0v) is 14.2. The number of amides is 1. The van der Waals surface area contributed by atoms with Crippen LogP contribution in [-0.4, -0.2) is 22.2 Å². The number of hydrogen-bond donors (Lipinski definition) is 1. The summed E-state index contributed by atoms with van der Waals surface area (Å²) in [5.74, 6) is 0.0611. The molecular weight excluding hydrogens is 269 g/mol. The van der Waals surface area contributed by atoms with Crippen molar-refractivity contribution in [3.8, 4) is 0 Å². The summed E-state index contributed by atoms with van der Waals surface area (Å²) in [6.45, 7) is 11.9. The Bertz CT molecular complexity index is 542. The van der Waals surface area contributed by atoms with Gasteiger partial charge in [0.1, 0.15) is 0 Å². The van der Waals surface area contributed by atoms with Crippen LogP contribution in [0.4, 0.5) is 5.69 Å². The number of carbonyl (C=O) groups is 1. The second-order valence-corrected chi connectivity index (χ2v) is 11.7. The van der Waals surface area contributed by atoms with Crippen molar-refractivity contribution in [3.05, 3.63) is 24.3 Å². The van der Waals surface area contributed by atoms with Gasteiger partial charge in [0.05, 0.1) is 0 Å². The van der Waals surface area contributed by atoms with Gasteiger partial charge in [0.15, 0.2) is 0 Å². The summed E-state index contributed by atoms with van der Waals surface area (Å²) < 4.78 is 0. The monoisotopic (exact) mass is 294 g/mol. The third-order valence-corrected chi connectivity index (χ3v) is 8.54. The van der Waals surface area contributed by atoms with Crippen LogP contribution in [0.2, 0.25) is 0 Å². The van der Waals surface area contributed by atoms with Crippen molar-refractivity contribution in [2.45, 2.75) is 46.7 Å². The molecule has 1 aliphatic heterocycles. The molecule has 4 heteroatoms. The Balaban J connectivity index is 2.55. The molecule has 0 aromatic heterocycles. The Labute approximate surface area is 122 Å². The van der Waals surface area contributed by atoms with Gasteiger partial charge in [-0.05, 0) is 0 Å². The van der Waals surface area contributed by atoms with Crippen molar-refractivity contribution in [1.82, 2.24) is 0 Å². The first kappa shape index (κ1) is 15.5. The molecule has 1 aromatic carbocycles. The van der Waals surface area contributed by atoms with Gasteiger partial charge < -0.3 is 0 Å². The fourth-order valence-electron chi connectivity index (χ4n) is 2.58. The van der Waals surface area contributed by atoms with Gasteiger partial charge in [0.2, 0.25) is 0 Å². The third kappa shape index (κ3) is 2.27. The molecule has 0 bridgehead atoms. The molecule has 1 radical (unpaired) electrons. The molecule has 1 N–H and O–H groups in total. The number of nitrogens with zero attached hydrogens (tertiary/aromatic N) is 1. The molecule has 1 heterocycles. The number of anilines is 1. The van der Waals surface area contributed by atoms with Crippen LogP contribution < -0.4 is 10.2 Å². The van der Waals surface area contributed by atoms with E-state index < -0.39 is 12.9 Å². The number of benzene rings is 1. The maximum atomic E-state index is 12.7. The normalized spacial score (nSPS) is 19.6. The fraction of sp³-hybridized carbons (Fsp3) is 0.562. The van der Waals surface area contributed by atoms with Crippen LogP contribution in [0.15, 0.2) is 18.2 Å². The van der Waals surface area contributed by atoms with Crippen LogP contribution in [0.5, 0.6) is 0 Å². The molecule has 0 unspecified atom stereocenters. The van der Waals surface area contributed by atoms with Crippen LogP contribution in [0.3, 0.4) is 0 Å². The van der Waals surface area contributed by atoms with Gasteiger partial charge in [-0.25, -0.2) is 0 Å². The van der Waals surface area contributed by atoms with E-state index in [-0.39, 0.29) is 11.1 Å². The van der Waals surface area contributed by atoms with Gasteiger partial charge in [0, 0.05) is 0 Å². The molecule has 3 nitrogen and oxygen atoms in total. The minimum absolute atomic E-state index is 0.0611. The van der Waals surface area contributed by atoms with Crippen LogP contribution in [-0.2, 0) is 4.79 Å². The number of hydrogen-bond acceptors (Lipinski definition) is 2. The molecule has 0 atom stereocenters. The van der Waals surface area contributed by atoms with Crippen LogP contribution in [0.1, 0.15) is 41.5 Å². The van der Waals surface area contributed by atoms with Crippen molar-refractivity contribution in [2.75, 3.05) is 11.2 Å². The molecule has 1 aliphatic rings. The number of fused-ring (bicyclic) bond motifs is 1. The van der Waals surface area contributed by atoms with Crippen molar-refractivity contribution in [1.29, 1.82) is 0 Å². The average Bonchev–Trinajstić information content (AvgIpc) is 2.62. The zero-order valence-electron chi connectivity index (χ0n) is 13.2. The molecule has 0 saturated carbocycles. The number of rotatable bonds is 0. The molecular formula is C16H25NO2P. The molecule has 2 rings (SSSR count). The Morgan fingerprint density at radius 3 is 2.40 bits per heavy atom. The summed E-state index contributed by atoms with van der Waals surface area (Å²) in [7, 11) is -2.76. The van der Waals surface area contributed by atoms with E-state index in [9.17, 15) is 9.69 Å². The molecule has 1 amide bonds. The summed E-state index contributed by atoms with van der Waals surface area (Å²) >= 11 is 0. The summed E-state index contributed by atoms with van der Waals surface area (Å²) in [5, 5.41) is 0.636. The standard InChI is InChI=1S/C16H25NO2P/c1-15(2,3)14(18)17-11-20(19,16(4,5)6)13-10-8-7-9-12(13)17/h7-9,19-20H,11H2,1-6H3. The minimum atomic E-state index is -2.76. The maximum absolute atomic E-state index is 12.7. The van der Waals surface area contributed by atoms with E-state index in [1.54, 1.807) is 4.90 Å². The first-order chi connectivity index (χ1) is 8.98. The van der Waals surface area contributed by atoms with Crippen molar-refractivity contribution in [2.24, 2.45) is 5.41 Å². The van der Waals surface area contributed by atoms with Crippen molar-refractivity contribution in [3.63, 3.8) is 0 Å². The number of carbonyl (C=O) groups excluding carboxylic acids is 1. The Morgan fingerprint density at radius 1 is 1.30 bits per heavy atom. The quantitative estimate of drug-likeness (QED) is 0.747. The Kier molecular flexibility index (Phi) is 3.51. The van der Waals surface area contributed by atoms with E-state index in [2.05, 4.69) is 26.8 Å². The molecule has 0 aliphatic carbocycles. The van der Waals surface area contributed by atoms with Crippen LogP contribution in [0.25, 0.3) is 0 Å². The van der Waals surface area contributed by atoms with Gasteiger partial charge in [-0.1, -0.05) is 0 Å². The second-order valence-electron chi connectivity index (χ2n) is 7.68. The summed E-state index contributed by atoms with van der Waals surface area (Å²) in [6.07, 6.45) is 0.433. The van der Waals surface area contributed by atoms with Gasteiger partial charge >= 0.3 is 122 Å².